The van der Waals surface area contributed by atoms with Crippen LogP contribution in [0.4, 0.5) is 11.4 Å². The summed E-state index contributed by atoms with van der Waals surface area (Å²) in [5.74, 6) is 0.718. The first-order chi connectivity index (χ1) is 20.0. The molecule has 4 aromatic carbocycles. The Morgan fingerprint density at radius 2 is 1.10 bits per heavy atom. The normalized spacial score (nSPS) is 10.5. The second-order valence-electron chi connectivity index (χ2n) is 9.40. The van der Waals surface area contributed by atoms with Gasteiger partial charge < -0.3 is 20.1 Å². The summed E-state index contributed by atoms with van der Waals surface area (Å²) in [6.07, 6.45) is 1.40. The van der Waals surface area contributed by atoms with Crippen LogP contribution in [0, 0.1) is 6.92 Å². The zero-order chi connectivity index (χ0) is 28.4. The van der Waals surface area contributed by atoms with Crippen LogP contribution in [0.5, 0.6) is 11.5 Å². The number of carbonyl (C=O) groups excluding carboxylic acids is 2. The highest BCUT2D eigenvalue weighted by Gasteiger charge is 2.15. The Kier molecular flexibility index (Phi) is 8.66. The van der Waals surface area contributed by atoms with Crippen molar-refractivity contribution in [3.8, 4) is 11.5 Å². The Labute approximate surface area is 238 Å². The molecule has 41 heavy (non-hydrogen) atoms. The van der Waals surface area contributed by atoms with Crippen molar-refractivity contribution in [3.05, 3.63) is 149 Å². The van der Waals surface area contributed by atoms with Crippen LogP contribution in [0.3, 0.4) is 0 Å². The molecule has 7 heteroatoms. The molecule has 5 rings (SSSR count). The van der Waals surface area contributed by atoms with Crippen molar-refractivity contribution in [2.24, 2.45) is 0 Å². The van der Waals surface area contributed by atoms with E-state index in [1.54, 1.807) is 61.5 Å². The fourth-order valence-electron chi connectivity index (χ4n) is 4.08. The van der Waals surface area contributed by atoms with E-state index in [9.17, 15) is 9.59 Å². The highest BCUT2D eigenvalue weighted by Crippen LogP contribution is 2.20. The summed E-state index contributed by atoms with van der Waals surface area (Å²) in [5, 5.41) is 5.70. The van der Waals surface area contributed by atoms with Crippen molar-refractivity contribution in [3.63, 3.8) is 0 Å². The Balaban J connectivity index is 1.13. The first-order valence-corrected chi connectivity index (χ1v) is 13.2. The molecule has 0 saturated heterocycles. The average molecular weight is 544 g/mol. The Morgan fingerprint density at radius 1 is 0.634 bits per heavy atom. The zero-order valence-electron chi connectivity index (χ0n) is 22.5. The van der Waals surface area contributed by atoms with E-state index in [-0.39, 0.29) is 17.5 Å². The largest absolute Gasteiger partial charge is 0.489 e. The van der Waals surface area contributed by atoms with Crippen LogP contribution in [0.2, 0.25) is 0 Å². The van der Waals surface area contributed by atoms with Gasteiger partial charge in [0.1, 0.15) is 30.4 Å². The van der Waals surface area contributed by atoms with E-state index in [4.69, 9.17) is 9.47 Å². The van der Waals surface area contributed by atoms with Gasteiger partial charge in [-0.2, -0.15) is 0 Å². The summed E-state index contributed by atoms with van der Waals surface area (Å²) >= 11 is 0. The van der Waals surface area contributed by atoms with Gasteiger partial charge in [-0.05, 0) is 78.2 Å². The number of hydrogen-bond acceptors (Lipinski definition) is 5. The van der Waals surface area contributed by atoms with Gasteiger partial charge in [0.05, 0.1) is 5.56 Å². The smallest absolute Gasteiger partial charge is 0.274 e. The maximum absolute atomic E-state index is 12.9. The highest BCUT2D eigenvalue weighted by atomic mass is 16.5. The van der Waals surface area contributed by atoms with Crippen LogP contribution < -0.4 is 20.1 Å². The van der Waals surface area contributed by atoms with Crippen molar-refractivity contribution in [1.82, 2.24) is 4.98 Å². The quantitative estimate of drug-likeness (QED) is 0.197. The SMILES string of the molecule is Cc1cc(C(=O)Nc2ccc(OCc3ccccc3)cc2)cnc1C(=O)Nc1ccc(OCc2ccccc2)cc1. The average Bonchev–Trinajstić information content (AvgIpc) is 3.01. The number of carbonyl (C=O) groups is 2. The van der Waals surface area contributed by atoms with Gasteiger partial charge in [0.2, 0.25) is 0 Å². The molecule has 0 atom stereocenters. The van der Waals surface area contributed by atoms with E-state index in [0.717, 1.165) is 11.1 Å². The Morgan fingerprint density at radius 3 is 1.56 bits per heavy atom. The molecule has 1 aromatic heterocycles. The number of benzene rings is 4. The van der Waals surface area contributed by atoms with Crippen molar-refractivity contribution in [2.45, 2.75) is 20.1 Å². The molecule has 0 aliphatic rings. The number of nitrogens with one attached hydrogen (secondary N) is 2. The van der Waals surface area contributed by atoms with Crippen LogP contribution in [-0.2, 0) is 13.2 Å². The van der Waals surface area contributed by atoms with Gasteiger partial charge in [-0.1, -0.05) is 60.7 Å². The summed E-state index contributed by atoms with van der Waals surface area (Å²) in [4.78, 5) is 29.9. The third-order valence-electron chi connectivity index (χ3n) is 6.28. The molecule has 0 aliphatic heterocycles. The van der Waals surface area contributed by atoms with E-state index in [1.807, 2.05) is 60.7 Å². The standard InChI is InChI=1S/C34H29N3O4/c1-24-20-27(33(38)36-28-12-16-30(17-13-28)40-22-25-8-4-2-5-9-25)21-35-32(24)34(39)37-29-14-18-31(19-15-29)41-23-26-10-6-3-7-11-26/h2-21H,22-23H2,1H3,(H,36,38)(H,37,39). The molecule has 204 valence electrons. The number of hydrogen-bond donors (Lipinski definition) is 2. The minimum atomic E-state index is -0.362. The molecule has 0 radical (unpaired) electrons. The van der Waals surface area contributed by atoms with E-state index in [2.05, 4.69) is 15.6 Å². The molecule has 0 saturated carbocycles. The van der Waals surface area contributed by atoms with Crippen molar-refractivity contribution < 1.29 is 19.1 Å². The third-order valence-corrected chi connectivity index (χ3v) is 6.28. The summed E-state index contributed by atoms with van der Waals surface area (Å²) in [6, 6.07) is 35.7. The van der Waals surface area contributed by atoms with E-state index >= 15 is 0 Å². The molecular weight excluding hydrogens is 514 g/mol. The van der Waals surface area contributed by atoms with Gasteiger partial charge in [-0.25, -0.2) is 4.98 Å². The number of aryl methyl sites for hydroxylation is 1. The number of amides is 2. The molecule has 0 spiro atoms. The minimum absolute atomic E-state index is 0.242. The van der Waals surface area contributed by atoms with Crippen LogP contribution in [0.1, 0.15) is 37.5 Å². The molecule has 0 unspecified atom stereocenters. The third kappa shape index (κ3) is 7.58. The Bertz CT molecular complexity index is 1600. The van der Waals surface area contributed by atoms with Gasteiger partial charge in [-0.15, -0.1) is 0 Å². The molecule has 5 aromatic rings. The fourth-order valence-corrected chi connectivity index (χ4v) is 4.08. The highest BCUT2D eigenvalue weighted by molar-refractivity contribution is 6.06. The molecule has 0 fully saturated rings. The predicted molar refractivity (Wildman–Crippen MR) is 159 cm³/mol. The van der Waals surface area contributed by atoms with Crippen LogP contribution in [0.25, 0.3) is 0 Å². The molecular formula is C34H29N3O4. The fraction of sp³-hybridized carbons (Fsp3) is 0.0882. The zero-order valence-corrected chi connectivity index (χ0v) is 22.5. The van der Waals surface area contributed by atoms with Crippen LogP contribution in [0.15, 0.2) is 121 Å². The molecule has 1 heterocycles. The van der Waals surface area contributed by atoms with Crippen molar-refractivity contribution in [1.29, 1.82) is 0 Å². The lowest BCUT2D eigenvalue weighted by atomic mass is 10.1. The van der Waals surface area contributed by atoms with E-state index in [0.29, 0.717) is 47.2 Å². The van der Waals surface area contributed by atoms with E-state index < -0.39 is 0 Å². The van der Waals surface area contributed by atoms with Crippen LogP contribution >= 0.6 is 0 Å². The maximum Gasteiger partial charge on any atom is 0.274 e. The molecule has 0 aliphatic carbocycles. The van der Waals surface area contributed by atoms with Gasteiger partial charge in [0, 0.05) is 17.6 Å². The first-order valence-electron chi connectivity index (χ1n) is 13.2. The van der Waals surface area contributed by atoms with Crippen molar-refractivity contribution in [2.75, 3.05) is 10.6 Å². The number of pyridine rings is 1. The second-order valence-corrected chi connectivity index (χ2v) is 9.40. The van der Waals surface area contributed by atoms with Crippen LogP contribution in [-0.4, -0.2) is 16.8 Å². The molecule has 2 N–H and O–H groups in total. The van der Waals surface area contributed by atoms with Gasteiger partial charge >= 0.3 is 0 Å². The number of nitrogens with zero attached hydrogens (tertiary/aromatic N) is 1. The summed E-state index contributed by atoms with van der Waals surface area (Å²) in [6.45, 7) is 2.67. The summed E-state index contributed by atoms with van der Waals surface area (Å²) in [7, 11) is 0. The monoisotopic (exact) mass is 543 g/mol. The van der Waals surface area contributed by atoms with Gasteiger partial charge in [0.15, 0.2) is 0 Å². The molecule has 7 nitrogen and oxygen atoms in total. The lowest BCUT2D eigenvalue weighted by molar-refractivity contribution is 0.101. The lowest BCUT2D eigenvalue weighted by Gasteiger charge is -2.11. The predicted octanol–water partition coefficient (Wildman–Crippen LogP) is 7.05. The number of ether oxygens (including phenoxy) is 2. The number of anilines is 2. The van der Waals surface area contributed by atoms with Crippen molar-refractivity contribution >= 4 is 23.2 Å². The second kappa shape index (κ2) is 13.1. The summed E-state index contributed by atoms with van der Waals surface area (Å²) < 4.78 is 11.6. The number of rotatable bonds is 10. The lowest BCUT2D eigenvalue weighted by Crippen LogP contribution is -2.17. The minimum Gasteiger partial charge on any atom is -0.489 e. The summed E-state index contributed by atoms with van der Waals surface area (Å²) in [5.41, 5.74) is 4.56. The molecule has 0 bridgehead atoms. The maximum atomic E-state index is 12.9. The van der Waals surface area contributed by atoms with Gasteiger partial charge in [0.25, 0.3) is 11.8 Å². The van der Waals surface area contributed by atoms with E-state index in [1.165, 1.54) is 6.20 Å². The first kappa shape index (κ1) is 27.1. The Hall–Kier alpha value is -5.43. The van der Waals surface area contributed by atoms with Gasteiger partial charge in [-0.3, -0.25) is 9.59 Å². The topological polar surface area (TPSA) is 89.5 Å². The number of aromatic nitrogens is 1. The molecule has 2 amide bonds.